The highest BCUT2D eigenvalue weighted by atomic mass is 35.5. The minimum Gasteiger partial charge on any atom is -0.379 e. The highest BCUT2D eigenvalue weighted by molar-refractivity contribution is 7.99. The lowest BCUT2D eigenvalue weighted by molar-refractivity contribution is 0.107. The molecule has 3 aromatic rings. The van der Waals surface area contributed by atoms with E-state index in [1.807, 2.05) is 0 Å². The fourth-order valence-corrected chi connectivity index (χ4v) is 6.94. The topological polar surface area (TPSA) is 47.4 Å². The fourth-order valence-electron chi connectivity index (χ4n) is 5.27. The van der Waals surface area contributed by atoms with Crippen LogP contribution in [0.5, 0.6) is 0 Å². The minimum absolute atomic E-state index is 0.198. The number of benzene rings is 2. The second kappa shape index (κ2) is 9.13. The van der Waals surface area contributed by atoms with Crippen molar-refractivity contribution in [3.05, 3.63) is 51.4 Å². The number of hydrogen-bond donors (Lipinski definition) is 0. The Bertz CT molecular complexity index is 1320. The van der Waals surface area contributed by atoms with Gasteiger partial charge in [-0.2, -0.15) is 4.98 Å². The summed E-state index contributed by atoms with van der Waals surface area (Å²) in [7, 11) is 1.61. The van der Waals surface area contributed by atoms with E-state index in [9.17, 15) is 13.6 Å². The highest BCUT2D eigenvalue weighted by Crippen LogP contribution is 2.46. The van der Waals surface area contributed by atoms with Crippen LogP contribution in [-0.2, 0) is 11.3 Å². The van der Waals surface area contributed by atoms with Crippen molar-refractivity contribution < 1.29 is 13.5 Å². The van der Waals surface area contributed by atoms with Gasteiger partial charge in [-0.25, -0.2) is 13.6 Å². The summed E-state index contributed by atoms with van der Waals surface area (Å²) in [6, 6.07) is 5.23. The van der Waals surface area contributed by atoms with Gasteiger partial charge in [0, 0.05) is 53.4 Å². The zero-order chi connectivity index (χ0) is 24.1. The number of hydrogen-bond acceptors (Lipinski definition) is 5. The fraction of sp³-hybridized carbons (Fsp3) is 0.440. The summed E-state index contributed by atoms with van der Waals surface area (Å²) < 4.78 is 35.8. The molecule has 0 amide bonds. The Hall–Kier alpha value is -2.16. The van der Waals surface area contributed by atoms with Crippen molar-refractivity contribution in [2.75, 3.05) is 30.9 Å². The highest BCUT2D eigenvalue weighted by Gasteiger charge is 2.30. The van der Waals surface area contributed by atoms with Crippen molar-refractivity contribution in [3.63, 3.8) is 0 Å². The lowest BCUT2D eigenvalue weighted by Gasteiger charge is -2.36. The number of methoxy groups -OCH3 is 1. The first-order chi connectivity index (χ1) is 16.3. The molecule has 5 rings (SSSR count). The molecule has 0 radical (unpaired) electrons. The third kappa shape index (κ3) is 4.10. The summed E-state index contributed by atoms with van der Waals surface area (Å²) >= 11 is 8.28. The predicted octanol–water partition coefficient (Wildman–Crippen LogP) is 5.60. The molecule has 1 aromatic heterocycles. The van der Waals surface area contributed by atoms with Crippen LogP contribution in [0, 0.1) is 23.5 Å². The van der Waals surface area contributed by atoms with Crippen molar-refractivity contribution in [2.24, 2.45) is 11.8 Å². The van der Waals surface area contributed by atoms with Crippen molar-refractivity contribution in [1.82, 2.24) is 9.55 Å². The van der Waals surface area contributed by atoms with E-state index in [1.54, 1.807) is 17.7 Å². The molecule has 2 aliphatic heterocycles. The molecule has 3 heterocycles. The molecule has 0 unspecified atom stereocenters. The van der Waals surface area contributed by atoms with Crippen LogP contribution in [0.1, 0.15) is 20.3 Å². The third-order valence-electron chi connectivity index (χ3n) is 6.65. The monoisotopic (exact) mass is 505 g/mol. The number of ether oxygens (including phenoxy) is 1. The Labute approximate surface area is 206 Å². The maximum atomic E-state index is 14.9. The summed E-state index contributed by atoms with van der Waals surface area (Å²) in [6.45, 7) is 6.33. The second-order valence-electron chi connectivity index (χ2n) is 9.43. The lowest BCUT2D eigenvalue weighted by atomic mass is 9.91. The first-order valence-electron chi connectivity index (χ1n) is 11.4. The number of aromatic nitrogens is 2. The van der Waals surface area contributed by atoms with Crippen molar-refractivity contribution >= 4 is 40.1 Å². The number of rotatable bonds is 3. The number of nitrogens with zero attached hydrogens (tertiary/aromatic N) is 3. The van der Waals surface area contributed by atoms with Crippen LogP contribution in [0.2, 0.25) is 5.02 Å². The zero-order valence-electron chi connectivity index (χ0n) is 19.3. The van der Waals surface area contributed by atoms with E-state index in [0.717, 1.165) is 31.0 Å². The molecule has 5 nitrogen and oxygen atoms in total. The largest absolute Gasteiger partial charge is 0.379 e. The van der Waals surface area contributed by atoms with E-state index >= 15 is 0 Å². The van der Waals surface area contributed by atoms with E-state index in [2.05, 4.69) is 23.7 Å². The number of piperidine rings is 1. The van der Waals surface area contributed by atoms with Gasteiger partial charge in [0.15, 0.2) is 0 Å². The van der Waals surface area contributed by atoms with Crippen LogP contribution in [-0.4, -0.2) is 41.6 Å². The van der Waals surface area contributed by atoms with Crippen molar-refractivity contribution in [1.29, 1.82) is 0 Å². The van der Waals surface area contributed by atoms with Gasteiger partial charge in [0.1, 0.15) is 17.5 Å². The smallest absolute Gasteiger partial charge is 0.350 e. The van der Waals surface area contributed by atoms with E-state index < -0.39 is 11.6 Å². The average molecular weight is 506 g/mol. The molecule has 2 aromatic carbocycles. The first-order valence-corrected chi connectivity index (χ1v) is 12.8. The van der Waals surface area contributed by atoms with Crippen LogP contribution in [0.4, 0.5) is 14.6 Å². The number of anilines is 1. The number of halogens is 3. The predicted molar refractivity (Wildman–Crippen MR) is 133 cm³/mol. The molecular weight excluding hydrogens is 480 g/mol. The first kappa shape index (κ1) is 23.6. The Morgan fingerprint density at radius 2 is 1.88 bits per heavy atom. The molecule has 3 atom stereocenters. The average Bonchev–Trinajstić information content (AvgIpc) is 2.97. The molecule has 0 spiro atoms. The molecule has 1 saturated heterocycles. The number of thioether (sulfide) groups is 1. The molecule has 1 fully saturated rings. The van der Waals surface area contributed by atoms with Crippen LogP contribution < -0.4 is 10.6 Å². The van der Waals surface area contributed by atoms with E-state index in [0.29, 0.717) is 50.9 Å². The van der Waals surface area contributed by atoms with E-state index in [-0.39, 0.29) is 17.4 Å². The van der Waals surface area contributed by atoms with E-state index in [4.69, 9.17) is 16.3 Å². The summed E-state index contributed by atoms with van der Waals surface area (Å²) in [5.41, 5.74) is 0.962. The SMILES string of the molecule is CO[C@@H]1CSc2c(-c3ccc(F)cc3F)c(Cl)cc3c(N4C[C@H](C)C[C@H](C)C4)nc(=O)n(c23)C1. The Kier molecular flexibility index (Phi) is 6.33. The minimum atomic E-state index is -0.701. The molecule has 0 saturated carbocycles. The summed E-state index contributed by atoms with van der Waals surface area (Å²) in [4.78, 5) is 20.7. The van der Waals surface area contributed by atoms with Gasteiger partial charge in [-0.1, -0.05) is 25.4 Å². The normalized spacial score (nSPS) is 22.8. The van der Waals surface area contributed by atoms with Gasteiger partial charge in [-0.3, -0.25) is 4.57 Å². The van der Waals surface area contributed by atoms with Crippen LogP contribution in [0.25, 0.3) is 22.0 Å². The zero-order valence-corrected chi connectivity index (χ0v) is 20.8. The molecule has 2 aliphatic rings. The maximum Gasteiger partial charge on any atom is 0.350 e. The molecule has 0 bridgehead atoms. The van der Waals surface area contributed by atoms with Gasteiger partial charge >= 0.3 is 5.69 Å². The van der Waals surface area contributed by atoms with Gasteiger partial charge in [0.25, 0.3) is 0 Å². The molecule has 180 valence electrons. The Morgan fingerprint density at radius 1 is 1.15 bits per heavy atom. The summed E-state index contributed by atoms with van der Waals surface area (Å²) in [5.74, 6) is 0.735. The Morgan fingerprint density at radius 3 is 2.56 bits per heavy atom. The van der Waals surface area contributed by atoms with Crippen LogP contribution in [0.15, 0.2) is 34.0 Å². The Balaban J connectivity index is 1.83. The molecule has 0 N–H and O–H groups in total. The van der Waals surface area contributed by atoms with Gasteiger partial charge in [0.05, 0.1) is 23.2 Å². The summed E-state index contributed by atoms with van der Waals surface area (Å²) in [6.07, 6.45) is 0.891. The van der Waals surface area contributed by atoms with Gasteiger partial charge in [-0.05, 0) is 36.5 Å². The molecular formula is C25H26ClF2N3O2S. The van der Waals surface area contributed by atoms with Crippen molar-refractivity contribution in [3.8, 4) is 11.1 Å². The third-order valence-corrected chi connectivity index (χ3v) is 8.18. The van der Waals surface area contributed by atoms with Crippen LogP contribution >= 0.6 is 23.4 Å². The molecule has 34 heavy (non-hydrogen) atoms. The second-order valence-corrected chi connectivity index (χ2v) is 10.9. The molecule has 9 heteroatoms. The van der Waals surface area contributed by atoms with Crippen LogP contribution in [0.3, 0.4) is 0 Å². The lowest BCUT2D eigenvalue weighted by Crippen LogP contribution is -2.41. The van der Waals surface area contributed by atoms with Gasteiger partial charge < -0.3 is 9.64 Å². The molecule has 0 aliphatic carbocycles. The van der Waals surface area contributed by atoms with E-state index in [1.165, 1.54) is 23.9 Å². The van der Waals surface area contributed by atoms with Gasteiger partial charge in [-0.15, -0.1) is 11.8 Å². The quantitative estimate of drug-likeness (QED) is 0.464. The van der Waals surface area contributed by atoms with Gasteiger partial charge in [0.2, 0.25) is 0 Å². The maximum absolute atomic E-state index is 14.9. The van der Waals surface area contributed by atoms with Crippen molar-refractivity contribution in [2.45, 2.75) is 37.8 Å². The standard InChI is InChI=1S/C25H26ClF2N3O2S/c1-13-6-14(2)10-30(9-13)24-18-8-19(26)21(17-5-4-15(27)7-20(17)28)23-22(18)31(25(32)29-24)11-16(33-3)12-34-23/h4-5,7-8,13-14,16H,6,9-12H2,1-3H3/t13-,14+,16-/m0/s1. The summed E-state index contributed by atoms with van der Waals surface area (Å²) in [5, 5.41) is 1.10.